The second-order valence-electron chi connectivity index (χ2n) is 11.6. The largest absolute Gasteiger partial charge is 0.447 e. The number of nitrogens with zero attached hydrogens (tertiary/aromatic N) is 2. The van der Waals surface area contributed by atoms with Gasteiger partial charge in [-0.3, -0.25) is 4.98 Å². The van der Waals surface area contributed by atoms with Crippen molar-refractivity contribution in [2.24, 2.45) is 5.73 Å². The van der Waals surface area contributed by atoms with Crippen LogP contribution in [-0.2, 0) is 21.3 Å². The third-order valence-electron chi connectivity index (χ3n) is 6.27. The third-order valence-corrected chi connectivity index (χ3v) is 9.26. The number of carbonyl (C=O) groups excluding carboxylic acids is 2. The van der Waals surface area contributed by atoms with E-state index in [4.69, 9.17) is 0 Å². The molecule has 0 atom stereocenters. The number of hydrogen-bond donors (Lipinski definition) is 4. The second kappa shape index (κ2) is 20.6. The van der Waals surface area contributed by atoms with E-state index in [1.807, 2.05) is 39.8 Å². The number of ether oxygens (including phenoxy) is 1. The van der Waals surface area contributed by atoms with E-state index in [1.165, 1.54) is 25.3 Å². The van der Waals surface area contributed by atoms with Gasteiger partial charge in [0.1, 0.15) is 0 Å². The molecule has 5 N–H and O–H groups in total. The zero-order valence-corrected chi connectivity index (χ0v) is 31.0. The molecule has 262 valence electrons. The molecular weight excluding hydrogens is 637 g/mol. The first-order chi connectivity index (χ1) is 22.2. The molecule has 13 heteroatoms. The molecule has 3 aromatic rings. The van der Waals surface area contributed by atoms with Gasteiger partial charge in [-0.15, -0.1) is 11.3 Å². The van der Waals surface area contributed by atoms with E-state index in [1.54, 1.807) is 76.7 Å². The molecule has 2 aromatic heterocycles. The van der Waals surface area contributed by atoms with Gasteiger partial charge in [0.25, 0.3) is 0 Å². The monoisotopic (exact) mass is 690 g/mol. The number of pyridine rings is 1. The normalized spacial score (nSPS) is 13.1. The zero-order valence-electron chi connectivity index (χ0n) is 29.3. The Morgan fingerprint density at radius 2 is 1.64 bits per heavy atom. The number of carbonyl (C=O) groups is 2. The standard InChI is InChI=1S/C26H33N5O3S2.C4H9NO2.2C2H6/c1-26(2,3)31-36(33,34)23-15-20(30-25(32)29-16-18-11-13-27-14-12-18)9-10-21(23)22-17-28-24(35-22)19-7-5-4-6-8-19;1-3(2)7-4(5)6;2*1-2/h9-15,17,19,31H,4-8,16H2,1-3H3,(H2,29,30,32);3H,1-2H3,(H2,5,6);2*1-2H3. The summed E-state index contributed by atoms with van der Waals surface area (Å²) >= 11 is 1.56. The minimum atomic E-state index is -3.88. The number of aromatic nitrogens is 2. The maximum absolute atomic E-state index is 13.4. The van der Waals surface area contributed by atoms with Crippen molar-refractivity contribution in [1.82, 2.24) is 20.0 Å². The third kappa shape index (κ3) is 15.3. The molecule has 1 aliphatic carbocycles. The zero-order chi connectivity index (χ0) is 35.6. The van der Waals surface area contributed by atoms with Crippen molar-refractivity contribution in [2.75, 3.05) is 5.32 Å². The molecule has 4 rings (SSSR count). The van der Waals surface area contributed by atoms with E-state index in [9.17, 15) is 18.0 Å². The SMILES string of the molecule is CC.CC.CC(C)(C)NS(=O)(=O)c1cc(NC(=O)NCc2ccncc2)ccc1-c1cnc(C2CCCCC2)s1.CC(C)OC(N)=O. The summed E-state index contributed by atoms with van der Waals surface area (Å²) in [5.41, 5.74) is 5.84. The van der Waals surface area contributed by atoms with Gasteiger partial charge in [-0.1, -0.05) is 53.0 Å². The molecule has 0 radical (unpaired) electrons. The van der Waals surface area contributed by atoms with E-state index >= 15 is 0 Å². The van der Waals surface area contributed by atoms with Crippen molar-refractivity contribution in [2.45, 2.75) is 123 Å². The maximum Gasteiger partial charge on any atom is 0.404 e. The van der Waals surface area contributed by atoms with Gasteiger partial charge in [0.2, 0.25) is 10.0 Å². The van der Waals surface area contributed by atoms with Crippen LogP contribution in [0.5, 0.6) is 0 Å². The molecule has 47 heavy (non-hydrogen) atoms. The summed E-state index contributed by atoms with van der Waals surface area (Å²) in [7, 11) is -3.88. The number of anilines is 1. The number of nitrogens with one attached hydrogen (secondary N) is 3. The smallest absolute Gasteiger partial charge is 0.404 e. The van der Waals surface area contributed by atoms with Crippen LogP contribution in [0.2, 0.25) is 0 Å². The molecule has 1 aromatic carbocycles. The highest BCUT2D eigenvalue weighted by Gasteiger charge is 2.27. The first-order valence-corrected chi connectivity index (χ1v) is 18.6. The Morgan fingerprint density at radius 1 is 1.02 bits per heavy atom. The fourth-order valence-corrected chi connectivity index (χ4v) is 7.38. The van der Waals surface area contributed by atoms with Crippen molar-refractivity contribution in [3.63, 3.8) is 0 Å². The highest BCUT2D eigenvalue weighted by atomic mass is 32.2. The van der Waals surface area contributed by atoms with Gasteiger partial charge in [-0.2, -0.15) is 0 Å². The van der Waals surface area contributed by atoms with Crippen LogP contribution in [0.3, 0.4) is 0 Å². The van der Waals surface area contributed by atoms with Gasteiger partial charge in [0.15, 0.2) is 0 Å². The summed E-state index contributed by atoms with van der Waals surface area (Å²) in [6, 6.07) is 8.17. The lowest BCUT2D eigenvalue weighted by atomic mass is 9.90. The molecule has 0 saturated heterocycles. The summed E-state index contributed by atoms with van der Waals surface area (Å²) in [5.74, 6) is 0.440. The fourth-order valence-electron chi connectivity index (χ4n) is 4.53. The average molecular weight is 691 g/mol. The molecule has 0 unspecified atom stereocenters. The lowest BCUT2D eigenvalue weighted by Gasteiger charge is -2.22. The number of rotatable bonds is 8. The summed E-state index contributed by atoms with van der Waals surface area (Å²) in [4.78, 5) is 31.8. The van der Waals surface area contributed by atoms with Crippen molar-refractivity contribution in [3.05, 3.63) is 59.5 Å². The summed E-state index contributed by atoms with van der Waals surface area (Å²) in [6.45, 7) is 17.2. The van der Waals surface area contributed by atoms with Gasteiger partial charge in [-0.25, -0.2) is 27.7 Å². The van der Waals surface area contributed by atoms with Gasteiger partial charge < -0.3 is 21.1 Å². The van der Waals surface area contributed by atoms with Crippen molar-refractivity contribution < 1.29 is 22.7 Å². The van der Waals surface area contributed by atoms with Gasteiger partial charge in [-0.05, 0) is 77.3 Å². The number of nitrogens with two attached hydrogens (primary N) is 1. The first kappa shape index (κ1) is 41.5. The van der Waals surface area contributed by atoms with Crippen molar-refractivity contribution in [1.29, 1.82) is 0 Å². The molecule has 11 nitrogen and oxygen atoms in total. The van der Waals surface area contributed by atoms with E-state index in [-0.39, 0.29) is 11.0 Å². The Bertz CT molecular complexity index is 1470. The highest BCUT2D eigenvalue weighted by molar-refractivity contribution is 7.89. The van der Waals surface area contributed by atoms with Crippen molar-refractivity contribution in [3.8, 4) is 10.4 Å². The quantitative estimate of drug-likeness (QED) is 0.185. The van der Waals surface area contributed by atoms with Crippen LogP contribution in [0.25, 0.3) is 10.4 Å². The number of urea groups is 1. The van der Waals surface area contributed by atoms with Gasteiger partial charge in [0.05, 0.1) is 20.9 Å². The number of thiazole rings is 1. The Morgan fingerprint density at radius 3 is 2.17 bits per heavy atom. The van der Waals surface area contributed by atoms with Crippen LogP contribution in [0.1, 0.15) is 111 Å². The Kier molecular flexibility index (Phi) is 18.2. The summed E-state index contributed by atoms with van der Waals surface area (Å²) in [6.07, 6.45) is 10.2. The number of amides is 3. The van der Waals surface area contributed by atoms with Crippen LogP contribution in [-0.4, -0.2) is 42.2 Å². The molecule has 0 spiro atoms. The molecule has 2 heterocycles. The molecular formula is C34H54N6O5S2. The topological polar surface area (TPSA) is 165 Å². The number of sulfonamides is 1. The molecule has 1 aliphatic rings. The van der Waals surface area contributed by atoms with E-state index in [2.05, 4.69) is 35.8 Å². The van der Waals surface area contributed by atoms with E-state index in [0.717, 1.165) is 28.3 Å². The number of hydrogen-bond acceptors (Lipinski definition) is 8. The molecule has 3 amide bonds. The molecule has 1 saturated carbocycles. The predicted octanol–water partition coefficient (Wildman–Crippen LogP) is 8.19. The second-order valence-corrected chi connectivity index (χ2v) is 14.3. The van der Waals surface area contributed by atoms with Crippen LogP contribution in [0.4, 0.5) is 15.3 Å². The highest BCUT2D eigenvalue weighted by Crippen LogP contribution is 2.39. The lowest BCUT2D eigenvalue weighted by molar-refractivity contribution is 0.125. The predicted molar refractivity (Wildman–Crippen MR) is 192 cm³/mol. The van der Waals surface area contributed by atoms with Crippen LogP contribution >= 0.6 is 11.3 Å². The fraction of sp³-hybridized carbons (Fsp3) is 0.529. The first-order valence-electron chi connectivity index (χ1n) is 16.3. The summed E-state index contributed by atoms with van der Waals surface area (Å²) in [5, 5.41) is 6.60. The van der Waals surface area contributed by atoms with Crippen LogP contribution in [0.15, 0.2) is 53.8 Å². The molecule has 0 bridgehead atoms. The van der Waals surface area contributed by atoms with Gasteiger partial charge >= 0.3 is 12.1 Å². The van der Waals surface area contributed by atoms with E-state index in [0.29, 0.717) is 23.7 Å². The summed E-state index contributed by atoms with van der Waals surface area (Å²) < 4.78 is 34.0. The number of benzene rings is 1. The lowest BCUT2D eigenvalue weighted by Crippen LogP contribution is -2.40. The molecule has 1 fully saturated rings. The Balaban J connectivity index is 0.000000879. The average Bonchev–Trinajstić information content (AvgIpc) is 3.52. The minimum Gasteiger partial charge on any atom is -0.447 e. The van der Waals surface area contributed by atoms with Crippen molar-refractivity contribution >= 4 is 39.2 Å². The molecule has 0 aliphatic heterocycles. The Labute approximate surface area is 285 Å². The van der Waals surface area contributed by atoms with E-state index < -0.39 is 27.7 Å². The van der Waals surface area contributed by atoms with Crippen LogP contribution < -0.4 is 21.1 Å². The maximum atomic E-state index is 13.4. The van der Waals surface area contributed by atoms with Gasteiger partial charge in [0, 0.05) is 47.8 Å². The van der Waals surface area contributed by atoms with Crippen LogP contribution in [0, 0.1) is 0 Å². The minimum absolute atomic E-state index is 0.0995. The Hall–Kier alpha value is -3.55. The number of primary amides is 1.